The number of hydrogen-bond donors (Lipinski definition) is 1. The summed E-state index contributed by atoms with van der Waals surface area (Å²) in [5.74, 6) is -0.00914. The van der Waals surface area contributed by atoms with Gasteiger partial charge in [0.05, 0.1) is 11.4 Å². The van der Waals surface area contributed by atoms with E-state index in [4.69, 9.17) is 0 Å². The first-order chi connectivity index (χ1) is 13.1. The van der Waals surface area contributed by atoms with E-state index >= 15 is 0 Å². The summed E-state index contributed by atoms with van der Waals surface area (Å²) in [6.45, 7) is 1.44. The summed E-state index contributed by atoms with van der Waals surface area (Å²) in [5.41, 5.74) is 3.21. The molecule has 0 unspecified atom stereocenters. The molecule has 0 atom stereocenters. The van der Waals surface area contributed by atoms with Crippen LogP contribution in [0.4, 0.5) is 10.2 Å². The van der Waals surface area contributed by atoms with Crippen LogP contribution < -0.4 is 5.32 Å². The van der Waals surface area contributed by atoms with Gasteiger partial charge >= 0.3 is 0 Å². The maximum atomic E-state index is 13.2. The van der Waals surface area contributed by atoms with Crippen molar-refractivity contribution < 1.29 is 9.18 Å². The monoisotopic (exact) mass is 378 g/mol. The first-order valence-electron chi connectivity index (χ1n) is 8.25. The van der Waals surface area contributed by atoms with E-state index in [-0.39, 0.29) is 11.7 Å². The van der Waals surface area contributed by atoms with Crippen LogP contribution in [-0.4, -0.2) is 20.7 Å². The second-order valence-electron chi connectivity index (χ2n) is 5.90. The molecule has 0 fully saturated rings. The van der Waals surface area contributed by atoms with Crippen molar-refractivity contribution in [2.75, 3.05) is 5.32 Å². The minimum absolute atomic E-state index is 0.207. The summed E-state index contributed by atoms with van der Waals surface area (Å²) in [6.07, 6.45) is 0. The Labute approximate surface area is 159 Å². The Kier molecular flexibility index (Phi) is 4.52. The summed E-state index contributed by atoms with van der Waals surface area (Å²) < 4.78 is 14.8. The van der Waals surface area contributed by atoms with Gasteiger partial charge in [0.1, 0.15) is 11.6 Å². The molecule has 2 aromatic heterocycles. The smallest absolute Gasteiger partial charge is 0.222 e. The van der Waals surface area contributed by atoms with Gasteiger partial charge < -0.3 is 5.32 Å². The highest BCUT2D eigenvalue weighted by atomic mass is 32.1. The fraction of sp³-hybridized carbons (Fsp3) is 0.0500. The second-order valence-corrected chi connectivity index (χ2v) is 6.73. The third kappa shape index (κ3) is 3.63. The highest BCUT2D eigenvalue weighted by molar-refractivity contribution is 7.12. The molecule has 0 aliphatic heterocycles. The van der Waals surface area contributed by atoms with E-state index in [1.165, 1.54) is 30.4 Å². The van der Waals surface area contributed by atoms with Crippen molar-refractivity contribution in [2.24, 2.45) is 0 Å². The molecular weight excluding hydrogens is 363 g/mol. The standard InChI is InChI=1S/C20H15FN4OS/c1-13(26)22-19-11-17(15-7-9-16(21)10-8-15)24-25(19)20-23-18(12-27-20)14-5-3-2-4-6-14/h2-12H,1H3,(H,22,26). The highest BCUT2D eigenvalue weighted by Crippen LogP contribution is 2.29. The lowest BCUT2D eigenvalue weighted by molar-refractivity contribution is -0.114. The Morgan fingerprint density at radius 3 is 2.44 bits per heavy atom. The molecule has 0 aliphatic rings. The summed E-state index contributed by atoms with van der Waals surface area (Å²) in [4.78, 5) is 16.2. The Morgan fingerprint density at radius 1 is 1.04 bits per heavy atom. The lowest BCUT2D eigenvalue weighted by Gasteiger charge is -2.03. The van der Waals surface area contributed by atoms with Gasteiger partial charge in [0.15, 0.2) is 0 Å². The average Bonchev–Trinajstić information content (AvgIpc) is 3.30. The molecule has 0 saturated heterocycles. The zero-order valence-corrected chi connectivity index (χ0v) is 15.2. The molecule has 1 amide bonds. The van der Waals surface area contributed by atoms with E-state index in [1.807, 2.05) is 35.7 Å². The molecule has 0 aliphatic carbocycles. The van der Waals surface area contributed by atoms with Crippen LogP contribution in [0.2, 0.25) is 0 Å². The number of carbonyl (C=O) groups excluding carboxylic acids is 1. The first-order valence-corrected chi connectivity index (χ1v) is 9.13. The highest BCUT2D eigenvalue weighted by Gasteiger charge is 2.15. The van der Waals surface area contributed by atoms with Gasteiger partial charge in [0, 0.05) is 29.5 Å². The van der Waals surface area contributed by atoms with Gasteiger partial charge in [-0.2, -0.15) is 9.78 Å². The number of hydrogen-bond acceptors (Lipinski definition) is 4. The van der Waals surface area contributed by atoms with Crippen molar-refractivity contribution in [3.8, 4) is 27.6 Å². The molecule has 134 valence electrons. The molecule has 5 nitrogen and oxygen atoms in total. The van der Waals surface area contributed by atoms with Crippen LogP contribution in [0.25, 0.3) is 27.6 Å². The predicted octanol–water partition coefficient (Wildman–Crippen LogP) is 4.76. The molecule has 4 rings (SSSR count). The third-order valence-electron chi connectivity index (χ3n) is 3.90. The number of nitrogens with one attached hydrogen (secondary N) is 1. The topological polar surface area (TPSA) is 59.8 Å². The number of amides is 1. The minimum atomic E-state index is -0.312. The van der Waals surface area contributed by atoms with Crippen molar-refractivity contribution in [2.45, 2.75) is 6.92 Å². The van der Waals surface area contributed by atoms with E-state index in [2.05, 4.69) is 15.4 Å². The fourth-order valence-electron chi connectivity index (χ4n) is 2.66. The minimum Gasteiger partial charge on any atom is -0.311 e. The third-order valence-corrected chi connectivity index (χ3v) is 4.71. The van der Waals surface area contributed by atoms with Crippen LogP contribution in [0.3, 0.4) is 0 Å². The molecule has 27 heavy (non-hydrogen) atoms. The van der Waals surface area contributed by atoms with Gasteiger partial charge in [-0.15, -0.1) is 11.3 Å². The number of benzene rings is 2. The van der Waals surface area contributed by atoms with Gasteiger partial charge in [0.25, 0.3) is 0 Å². The number of anilines is 1. The normalized spacial score (nSPS) is 10.7. The van der Waals surface area contributed by atoms with E-state index < -0.39 is 0 Å². The molecule has 4 aromatic rings. The number of nitrogens with zero attached hydrogens (tertiary/aromatic N) is 3. The van der Waals surface area contributed by atoms with Gasteiger partial charge in [-0.25, -0.2) is 9.37 Å². The molecule has 0 spiro atoms. The van der Waals surface area contributed by atoms with Crippen LogP contribution in [-0.2, 0) is 4.79 Å². The Balaban J connectivity index is 1.76. The number of halogens is 1. The van der Waals surface area contributed by atoms with Gasteiger partial charge in [-0.05, 0) is 24.3 Å². The van der Waals surface area contributed by atoms with Crippen LogP contribution >= 0.6 is 11.3 Å². The molecule has 2 heterocycles. The lowest BCUT2D eigenvalue weighted by Crippen LogP contribution is -2.10. The molecule has 1 N–H and O–H groups in total. The number of carbonyl (C=O) groups is 1. The van der Waals surface area contributed by atoms with Crippen LogP contribution in [0.5, 0.6) is 0 Å². The van der Waals surface area contributed by atoms with Crippen molar-refractivity contribution in [1.29, 1.82) is 0 Å². The summed E-state index contributed by atoms with van der Waals surface area (Å²) >= 11 is 1.43. The average molecular weight is 378 g/mol. The van der Waals surface area contributed by atoms with Gasteiger partial charge in [-0.3, -0.25) is 4.79 Å². The summed E-state index contributed by atoms with van der Waals surface area (Å²) in [6, 6.07) is 17.6. The zero-order chi connectivity index (χ0) is 18.8. The Bertz CT molecular complexity index is 1090. The second kappa shape index (κ2) is 7.13. The van der Waals surface area contributed by atoms with Crippen molar-refractivity contribution >= 4 is 23.1 Å². The molecule has 0 radical (unpaired) electrons. The van der Waals surface area contributed by atoms with Gasteiger partial charge in [-0.1, -0.05) is 30.3 Å². The molecular formula is C20H15FN4OS. The van der Waals surface area contributed by atoms with E-state index in [0.29, 0.717) is 16.6 Å². The number of thiazole rings is 1. The van der Waals surface area contributed by atoms with E-state index in [9.17, 15) is 9.18 Å². The van der Waals surface area contributed by atoms with E-state index in [0.717, 1.165) is 16.8 Å². The molecule has 2 aromatic carbocycles. The maximum Gasteiger partial charge on any atom is 0.222 e. The number of rotatable bonds is 4. The predicted molar refractivity (Wildman–Crippen MR) is 104 cm³/mol. The SMILES string of the molecule is CC(=O)Nc1cc(-c2ccc(F)cc2)nn1-c1nc(-c2ccccc2)cs1. The van der Waals surface area contributed by atoms with E-state index in [1.54, 1.807) is 22.9 Å². The largest absolute Gasteiger partial charge is 0.311 e. The van der Waals surface area contributed by atoms with Crippen molar-refractivity contribution in [3.05, 3.63) is 71.9 Å². The Morgan fingerprint density at radius 2 is 1.74 bits per heavy atom. The molecule has 0 bridgehead atoms. The quantitative estimate of drug-likeness (QED) is 0.557. The van der Waals surface area contributed by atoms with Crippen molar-refractivity contribution in [3.63, 3.8) is 0 Å². The fourth-order valence-corrected chi connectivity index (χ4v) is 3.46. The lowest BCUT2D eigenvalue weighted by atomic mass is 10.1. The first kappa shape index (κ1) is 17.1. The van der Waals surface area contributed by atoms with Gasteiger partial charge in [0.2, 0.25) is 11.0 Å². The van der Waals surface area contributed by atoms with Crippen LogP contribution in [0.1, 0.15) is 6.92 Å². The molecule has 0 saturated carbocycles. The van der Waals surface area contributed by atoms with Crippen LogP contribution in [0, 0.1) is 5.82 Å². The van der Waals surface area contributed by atoms with Crippen LogP contribution in [0.15, 0.2) is 66.0 Å². The Hall–Kier alpha value is -3.32. The molecule has 7 heteroatoms. The number of aromatic nitrogens is 3. The zero-order valence-electron chi connectivity index (χ0n) is 14.4. The summed E-state index contributed by atoms with van der Waals surface area (Å²) in [5, 5.41) is 9.92. The van der Waals surface area contributed by atoms with Crippen molar-refractivity contribution in [1.82, 2.24) is 14.8 Å². The maximum absolute atomic E-state index is 13.2. The summed E-state index contributed by atoms with van der Waals surface area (Å²) in [7, 11) is 0.